The van der Waals surface area contributed by atoms with E-state index in [4.69, 9.17) is 16.3 Å². The third-order valence-corrected chi connectivity index (χ3v) is 3.35. The Morgan fingerprint density at radius 2 is 2.00 bits per heavy atom. The van der Waals surface area contributed by atoms with Gasteiger partial charge in [-0.15, -0.1) is 0 Å². The maximum Gasteiger partial charge on any atom is 0.123 e. The Hall–Kier alpha value is -1.95. The molecule has 0 aliphatic carbocycles. The van der Waals surface area contributed by atoms with Crippen molar-refractivity contribution in [2.45, 2.75) is 25.5 Å². The fraction of sp³-hybridized carbons (Fsp3) is 0.312. The predicted molar refractivity (Wildman–Crippen MR) is 84.3 cm³/mol. The highest BCUT2D eigenvalue weighted by molar-refractivity contribution is 5.32. The van der Waals surface area contributed by atoms with E-state index in [0.717, 1.165) is 11.1 Å². The smallest absolute Gasteiger partial charge is 0.123 e. The summed E-state index contributed by atoms with van der Waals surface area (Å²) in [7, 11) is 0. The number of anilines is 1. The summed E-state index contributed by atoms with van der Waals surface area (Å²) in [5.74, 6) is 6.26. The lowest BCUT2D eigenvalue weighted by Crippen LogP contribution is -2.42. The molecule has 2 unspecified atom stereocenters. The highest BCUT2D eigenvalue weighted by Crippen LogP contribution is 2.23. The molecule has 5 nitrogen and oxygen atoms in total. The molecule has 2 aromatic rings. The SMILES string of the molecule is CCOC(c1ccccc1)C(Cc1ccnc(N)c1)NN. The van der Waals surface area contributed by atoms with Gasteiger partial charge in [0.25, 0.3) is 0 Å². The molecule has 1 heterocycles. The van der Waals surface area contributed by atoms with Gasteiger partial charge in [0.15, 0.2) is 0 Å². The molecule has 0 spiro atoms. The van der Waals surface area contributed by atoms with Gasteiger partial charge in [-0.25, -0.2) is 4.98 Å². The van der Waals surface area contributed by atoms with E-state index >= 15 is 0 Å². The predicted octanol–water partition coefficient (Wildman–Crippen LogP) is 1.82. The summed E-state index contributed by atoms with van der Waals surface area (Å²) in [6, 6.07) is 13.8. The van der Waals surface area contributed by atoms with Gasteiger partial charge >= 0.3 is 0 Å². The van der Waals surface area contributed by atoms with Gasteiger partial charge in [-0.05, 0) is 36.6 Å². The van der Waals surface area contributed by atoms with Gasteiger partial charge in [-0.3, -0.25) is 11.3 Å². The zero-order valence-electron chi connectivity index (χ0n) is 12.2. The van der Waals surface area contributed by atoms with Gasteiger partial charge in [0.1, 0.15) is 5.82 Å². The van der Waals surface area contributed by atoms with Gasteiger partial charge in [0, 0.05) is 12.8 Å². The Morgan fingerprint density at radius 3 is 2.62 bits per heavy atom. The van der Waals surface area contributed by atoms with Crippen LogP contribution in [0.3, 0.4) is 0 Å². The van der Waals surface area contributed by atoms with Crippen molar-refractivity contribution >= 4 is 5.82 Å². The Labute approximate surface area is 125 Å². The van der Waals surface area contributed by atoms with Crippen LogP contribution in [0, 0.1) is 0 Å². The number of hydrogen-bond acceptors (Lipinski definition) is 5. The highest BCUT2D eigenvalue weighted by atomic mass is 16.5. The van der Waals surface area contributed by atoms with Crippen LogP contribution >= 0.6 is 0 Å². The summed E-state index contributed by atoms with van der Waals surface area (Å²) < 4.78 is 5.89. The third-order valence-electron chi connectivity index (χ3n) is 3.35. The molecule has 0 fully saturated rings. The van der Waals surface area contributed by atoms with Crippen molar-refractivity contribution in [3.05, 3.63) is 59.8 Å². The summed E-state index contributed by atoms with van der Waals surface area (Å²) in [6.45, 7) is 2.60. The average molecular weight is 286 g/mol. The normalized spacial score (nSPS) is 13.8. The van der Waals surface area contributed by atoms with Crippen molar-refractivity contribution in [3.8, 4) is 0 Å². The van der Waals surface area contributed by atoms with E-state index in [9.17, 15) is 0 Å². The van der Waals surface area contributed by atoms with Crippen molar-refractivity contribution in [2.75, 3.05) is 12.3 Å². The molecule has 0 saturated heterocycles. The highest BCUT2D eigenvalue weighted by Gasteiger charge is 2.23. The molecule has 0 aliphatic heterocycles. The summed E-state index contributed by atoms with van der Waals surface area (Å²) in [6.07, 6.45) is 2.30. The zero-order chi connectivity index (χ0) is 15.1. The molecule has 0 bridgehead atoms. The topological polar surface area (TPSA) is 86.2 Å². The van der Waals surface area contributed by atoms with Crippen molar-refractivity contribution < 1.29 is 4.74 Å². The summed E-state index contributed by atoms with van der Waals surface area (Å²) in [4.78, 5) is 4.01. The number of nitrogens with two attached hydrogens (primary N) is 2. The summed E-state index contributed by atoms with van der Waals surface area (Å²) in [5, 5.41) is 0. The van der Waals surface area contributed by atoms with Crippen molar-refractivity contribution in [2.24, 2.45) is 5.84 Å². The van der Waals surface area contributed by atoms with Gasteiger partial charge in [0.05, 0.1) is 12.1 Å². The molecule has 21 heavy (non-hydrogen) atoms. The number of aromatic nitrogens is 1. The second kappa shape index (κ2) is 7.73. The minimum atomic E-state index is -0.115. The molecule has 1 aromatic heterocycles. The van der Waals surface area contributed by atoms with Crippen LogP contribution in [-0.2, 0) is 11.2 Å². The monoisotopic (exact) mass is 286 g/mol. The number of hydrogen-bond donors (Lipinski definition) is 3. The first kappa shape index (κ1) is 15.4. The van der Waals surface area contributed by atoms with Crippen LogP contribution in [0.2, 0.25) is 0 Å². The second-order valence-corrected chi connectivity index (χ2v) is 4.85. The number of nitrogens with one attached hydrogen (secondary N) is 1. The molecular weight excluding hydrogens is 264 g/mol. The van der Waals surface area contributed by atoms with E-state index in [1.54, 1.807) is 6.20 Å². The molecule has 5 N–H and O–H groups in total. The van der Waals surface area contributed by atoms with E-state index in [2.05, 4.69) is 10.4 Å². The van der Waals surface area contributed by atoms with Gasteiger partial charge in [0.2, 0.25) is 0 Å². The van der Waals surface area contributed by atoms with E-state index in [-0.39, 0.29) is 12.1 Å². The number of pyridine rings is 1. The molecule has 112 valence electrons. The largest absolute Gasteiger partial charge is 0.384 e. The quantitative estimate of drug-likeness (QED) is 0.534. The summed E-state index contributed by atoms with van der Waals surface area (Å²) >= 11 is 0. The van der Waals surface area contributed by atoms with E-state index in [1.807, 2.05) is 49.4 Å². The fourth-order valence-electron chi connectivity index (χ4n) is 2.40. The van der Waals surface area contributed by atoms with Crippen LogP contribution in [0.5, 0.6) is 0 Å². The van der Waals surface area contributed by atoms with Crippen molar-refractivity contribution in [3.63, 3.8) is 0 Å². The van der Waals surface area contributed by atoms with Crippen LogP contribution in [-0.4, -0.2) is 17.6 Å². The molecular formula is C16H22N4O. The Morgan fingerprint density at radius 1 is 1.24 bits per heavy atom. The molecule has 0 amide bonds. The molecule has 2 rings (SSSR count). The van der Waals surface area contributed by atoms with Crippen molar-refractivity contribution in [1.29, 1.82) is 0 Å². The van der Waals surface area contributed by atoms with Crippen LogP contribution < -0.4 is 17.0 Å². The zero-order valence-corrected chi connectivity index (χ0v) is 12.2. The molecule has 0 radical (unpaired) electrons. The van der Waals surface area contributed by atoms with E-state index in [0.29, 0.717) is 18.8 Å². The number of benzene rings is 1. The Bertz CT molecular complexity index is 547. The van der Waals surface area contributed by atoms with Crippen LogP contribution in [0.1, 0.15) is 24.2 Å². The number of nitrogen functional groups attached to an aromatic ring is 1. The number of nitrogens with zero attached hydrogens (tertiary/aromatic N) is 1. The van der Waals surface area contributed by atoms with Crippen LogP contribution in [0.4, 0.5) is 5.82 Å². The standard InChI is InChI=1S/C16H22N4O/c1-2-21-16(13-6-4-3-5-7-13)14(20-18)10-12-8-9-19-15(17)11-12/h3-9,11,14,16,20H,2,10,18H2,1H3,(H2,17,19). The first-order valence-corrected chi connectivity index (χ1v) is 7.07. The van der Waals surface area contributed by atoms with Crippen LogP contribution in [0.15, 0.2) is 48.7 Å². The van der Waals surface area contributed by atoms with Crippen LogP contribution in [0.25, 0.3) is 0 Å². The van der Waals surface area contributed by atoms with E-state index < -0.39 is 0 Å². The van der Waals surface area contributed by atoms with E-state index in [1.165, 1.54) is 0 Å². The van der Waals surface area contributed by atoms with Gasteiger partial charge in [-0.2, -0.15) is 0 Å². The minimum absolute atomic E-state index is 0.0471. The average Bonchev–Trinajstić information content (AvgIpc) is 2.51. The molecule has 0 saturated carbocycles. The fourth-order valence-corrected chi connectivity index (χ4v) is 2.40. The van der Waals surface area contributed by atoms with Crippen molar-refractivity contribution in [1.82, 2.24) is 10.4 Å². The summed E-state index contributed by atoms with van der Waals surface area (Å²) in [5.41, 5.74) is 10.8. The molecule has 1 aromatic carbocycles. The minimum Gasteiger partial charge on any atom is -0.384 e. The number of rotatable bonds is 7. The van der Waals surface area contributed by atoms with Gasteiger partial charge in [-0.1, -0.05) is 30.3 Å². The Kier molecular flexibility index (Phi) is 5.68. The lowest BCUT2D eigenvalue weighted by Gasteiger charge is -2.27. The first-order chi connectivity index (χ1) is 10.2. The first-order valence-electron chi connectivity index (χ1n) is 7.07. The molecule has 0 aliphatic rings. The number of ether oxygens (including phenoxy) is 1. The Balaban J connectivity index is 2.20. The maximum absolute atomic E-state index is 5.89. The lowest BCUT2D eigenvalue weighted by atomic mass is 9.96. The lowest BCUT2D eigenvalue weighted by molar-refractivity contribution is 0.0332. The number of hydrazine groups is 1. The third kappa shape index (κ3) is 4.26. The molecule has 2 atom stereocenters. The maximum atomic E-state index is 5.89. The van der Waals surface area contributed by atoms with Gasteiger partial charge < -0.3 is 10.5 Å². The molecule has 5 heteroatoms. The second-order valence-electron chi connectivity index (χ2n) is 4.85.